The summed E-state index contributed by atoms with van der Waals surface area (Å²) in [5.41, 5.74) is 1.17. The fraction of sp³-hybridized carbons (Fsp3) is 0.417. The van der Waals surface area contributed by atoms with Crippen LogP contribution in [0.3, 0.4) is 0 Å². The van der Waals surface area contributed by atoms with Crippen LogP contribution in [-0.4, -0.2) is 39.8 Å². The van der Waals surface area contributed by atoms with Crippen molar-refractivity contribution >= 4 is 21.6 Å². The molecule has 0 unspecified atom stereocenters. The highest BCUT2D eigenvalue weighted by atomic mass is 32.2. The van der Waals surface area contributed by atoms with Crippen LogP contribution in [0.5, 0.6) is 0 Å². The van der Waals surface area contributed by atoms with Crippen LogP contribution >= 0.6 is 0 Å². The Morgan fingerprint density at radius 1 is 1.38 bits per heavy atom. The van der Waals surface area contributed by atoms with Crippen molar-refractivity contribution in [3.8, 4) is 0 Å². The van der Waals surface area contributed by atoms with Gasteiger partial charge in [0.05, 0.1) is 11.9 Å². The van der Waals surface area contributed by atoms with E-state index in [1.165, 1.54) is 22.5 Å². The van der Waals surface area contributed by atoms with E-state index in [9.17, 15) is 26.4 Å². The van der Waals surface area contributed by atoms with Crippen molar-refractivity contribution in [3.63, 3.8) is 0 Å². The second-order valence-corrected chi connectivity index (χ2v) is 6.63. The minimum Gasteiger partial charge on any atom is -0.343 e. The van der Waals surface area contributed by atoms with Crippen LogP contribution in [0.15, 0.2) is 18.2 Å². The van der Waals surface area contributed by atoms with E-state index in [0.29, 0.717) is 17.7 Å². The number of nitrogens with zero attached hydrogens (tertiary/aromatic N) is 1. The van der Waals surface area contributed by atoms with Gasteiger partial charge in [0, 0.05) is 12.1 Å². The molecule has 0 bridgehead atoms. The van der Waals surface area contributed by atoms with Crippen LogP contribution in [0.4, 0.5) is 18.9 Å². The van der Waals surface area contributed by atoms with Crippen molar-refractivity contribution in [2.24, 2.45) is 0 Å². The van der Waals surface area contributed by atoms with Crippen molar-refractivity contribution in [1.29, 1.82) is 0 Å². The van der Waals surface area contributed by atoms with E-state index in [4.69, 9.17) is 0 Å². The lowest BCUT2D eigenvalue weighted by Crippen LogP contribution is -2.33. The molecule has 0 fully saturated rings. The Balaban J connectivity index is 2.18. The molecule has 1 aromatic carbocycles. The summed E-state index contributed by atoms with van der Waals surface area (Å²) in [4.78, 5) is 11.6. The zero-order chi connectivity index (χ0) is 15.8. The maximum atomic E-state index is 12.0. The number of nitrogens with one attached hydrogen (secondary N) is 1. The molecule has 1 aliphatic heterocycles. The van der Waals surface area contributed by atoms with E-state index in [1.807, 2.05) is 0 Å². The highest BCUT2D eigenvalue weighted by molar-refractivity contribution is 7.92. The van der Waals surface area contributed by atoms with Crippen LogP contribution in [-0.2, 0) is 16.4 Å². The van der Waals surface area contributed by atoms with E-state index in [0.717, 1.165) is 6.26 Å². The second kappa shape index (κ2) is 5.21. The molecule has 0 atom stereocenters. The average molecular weight is 322 g/mol. The number of carbonyl (C=O) groups is 1. The lowest BCUT2D eigenvalue weighted by Gasteiger charge is -2.16. The van der Waals surface area contributed by atoms with Crippen molar-refractivity contribution in [3.05, 3.63) is 29.3 Å². The number of halogens is 3. The first-order chi connectivity index (χ1) is 9.58. The number of hydrogen-bond acceptors (Lipinski definition) is 3. The Labute approximate surface area is 119 Å². The van der Waals surface area contributed by atoms with Gasteiger partial charge < -0.3 is 5.32 Å². The quantitative estimate of drug-likeness (QED) is 0.912. The molecule has 0 spiro atoms. The van der Waals surface area contributed by atoms with Gasteiger partial charge in [-0.25, -0.2) is 8.42 Å². The predicted octanol–water partition coefficient (Wildman–Crippen LogP) is 1.30. The fourth-order valence-corrected chi connectivity index (χ4v) is 3.10. The molecule has 1 aliphatic rings. The van der Waals surface area contributed by atoms with E-state index in [2.05, 4.69) is 0 Å². The molecule has 1 heterocycles. The zero-order valence-corrected chi connectivity index (χ0v) is 11.9. The molecular formula is C12H13F3N2O3S. The Morgan fingerprint density at radius 2 is 2.05 bits per heavy atom. The Hall–Kier alpha value is -1.77. The van der Waals surface area contributed by atoms with E-state index in [-0.39, 0.29) is 12.1 Å². The smallest absolute Gasteiger partial charge is 0.343 e. The summed E-state index contributed by atoms with van der Waals surface area (Å²) >= 11 is 0. The van der Waals surface area contributed by atoms with Gasteiger partial charge in [-0.15, -0.1) is 0 Å². The third-order valence-electron chi connectivity index (χ3n) is 3.04. The minimum absolute atomic E-state index is 0.0772. The summed E-state index contributed by atoms with van der Waals surface area (Å²) in [6.45, 7) is -1.14. The fourth-order valence-electron chi connectivity index (χ4n) is 2.14. The highest BCUT2D eigenvalue weighted by Crippen LogP contribution is 2.30. The topological polar surface area (TPSA) is 66.5 Å². The average Bonchev–Trinajstić information content (AvgIpc) is 2.77. The van der Waals surface area contributed by atoms with E-state index in [1.54, 1.807) is 5.32 Å². The van der Waals surface area contributed by atoms with Crippen LogP contribution < -0.4 is 9.62 Å². The molecule has 1 N–H and O–H groups in total. The van der Waals surface area contributed by atoms with Gasteiger partial charge in [0.15, 0.2) is 0 Å². The number of anilines is 1. The number of amides is 1. The van der Waals surface area contributed by atoms with Gasteiger partial charge in [0.25, 0.3) is 5.91 Å². The van der Waals surface area contributed by atoms with Crippen molar-refractivity contribution in [2.45, 2.75) is 12.6 Å². The van der Waals surface area contributed by atoms with E-state index < -0.39 is 28.7 Å². The van der Waals surface area contributed by atoms with Gasteiger partial charge in [-0.3, -0.25) is 9.10 Å². The number of hydrogen-bond donors (Lipinski definition) is 1. The van der Waals surface area contributed by atoms with Gasteiger partial charge in [-0.2, -0.15) is 13.2 Å². The molecule has 21 heavy (non-hydrogen) atoms. The van der Waals surface area contributed by atoms with Crippen molar-refractivity contribution < 1.29 is 26.4 Å². The summed E-state index contributed by atoms with van der Waals surface area (Å²) in [5.74, 6) is -0.840. The molecule has 0 radical (unpaired) electrons. The lowest BCUT2D eigenvalue weighted by molar-refractivity contribution is -0.123. The summed E-state index contributed by atoms with van der Waals surface area (Å²) < 4.78 is 60.4. The van der Waals surface area contributed by atoms with Crippen molar-refractivity contribution in [2.75, 3.05) is 23.7 Å². The van der Waals surface area contributed by atoms with Gasteiger partial charge in [0.2, 0.25) is 10.0 Å². The third-order valence-corrected chi connectivity index (χ3v) is 4.22. The second-order valence-electron chi connectivity index (χ2n) is 4.73. The molecule has 0 saturated carbocycles. The molecule has 2 rings (SSSR count). The standard InChI is InChI=1S/C12H13F3N2O3S/c1-21(19,20)17-5-4-8-6-9(2-3-10(8)17)11(18)16-7-12(13,14)15/h2-3,6H,4-5,7H2,1H3,(H,16,18). The summed E-state index contributed by atoms with van der Waals surface area (Å²) in [5, 5.41) is 1.78. The molecule has 0 aromatic heterocycles. The third kappa shape index (κ3) is 3.66. The maximum absolute atomic E-state index is 12.0. The molecule has 0 aliphatic carbocycles. The Kier molecular flexibility index (Phi) is 3.87. The predicted molar refractivity (Wildman–Crippen MR) is 70.7 cm³/mol. The van der Waals surface area contributed by atoms with Gasteiger partial charge in [0.1, 0.15) is 6.54 Å². The summed E-state index contributed by atoms with van der Waals surface area (Å²) in [7, 11) is -3.39. The first-order valence-corrected chi connectivity index (χ1v) is 7.88. The van der Waals surface area contributed by atoms with Crippen molar-refractivity contribution in [1.82, 2.24) is 5.32 Å². The number of fused-ring (bicyclic) bond motifs is 1. The van der Waals surface area contributed by atoms with Gasteiger partial charge >= 0.3 is 6.18 Å². The number of alkyl halides is 3. The molecule has 5 nitrogen and oxygen atoms in total. The molecule has 1 aromatic rings. The maximum Gasteiger partial charge on any atom is 0.405 e. The largest absolute Gasteiger partial charge is 0.405 e. The number of rotatable bonds is 3. The van der Waals surface area contributed by atoms with Crippen LogP contribution in [0.1, 0.15) is 15.9 Å². The van der Waals surface area contributed by atoms with Crippen LogP contribution in [0.2, 0.25) is 0 Å². The Bertz CT molecular complexity index is 671. The van der Waals surface area contributed by atoms with Gasteiger partial charge in [-0.05, 0) is 30.2 Å². The van der Waals surface area contributed by atoms with Crippen LogP contribution in [0, 0.1) is 0 Å². The highest BCUT2D eigenvalue weighted by Gasteiger charge is 2.29. The first-order valence-electron chi connectivity index (χ1n) is 6.03. The summed E-state index contributed by atoms with van der Waals surface area (Å²) in [6, 6.07) is 4.17. The van der Waals surface area contributed by atoms with E-state index >= 15 is 0 Å². The molecule has 116 valence electrons. The molecule has 0 saturated heterocycles. The zero-order valence-electron chi connectivity index (χ0n) is 11.1. The SMILES string of the molecule is CS(=O)(=O)N1CCc2cc(C(=O)NCC(F)(F)F)ccc21. The Morgan fingerprint density at radius 3 is 2.62 bits per heavy atom. The molecular weight excluding hydrogens is 309 g/mol. The molecule has 9 heteroatoms. The van der Waals surface area contributed by atoms with Crippen LogP contribution in [0.25, 0.3) is 0 Å². The number of benzene rings is 1. The van der Waals surface area contributed by atoms with Gasteiger partial charge in [-0.1, -0.05) is 0 Å². The normalized spacial score (nSPS) is 15.0. The summed E-state index contributed by atoms with van der Waals surface area (Å²) in [6.07, 6.45) is -2.98. The number of sulfonamides is 1. The lowest BCUT2D eigenvalue weighted by atomic mass is 10.1. The monoisotopic (exact) mass is 322 g/mol. The minimum atomic E-state index is -4.47. The first kappa shape index (κ1) is 15.6. The molecule has 1 amide bonds. The number of carbonyl (C=O) groups excluding carboxylic acids is 1.